The van der Waals surface area contributed by atoms with Crippen molar-refractivity contribution in [1.82, 2.24) is 9.55 Å². The van der Waals surface area contributed by atoms with Crippen LogP contribution in [0.3, 0.4) is 0 Å². The molecule has 0 fully saturated rings. The van der Waals surface area contributed by atoms with E-state index >= 15 is 0 Å². The highest BCUT2D eigenvalue weighted by molar-refractivity contribution is 9.11. The molecule has 2 rings (SSSR count). The van der Waals surface area contributed by atoms with Crippen LogP contribution in [-0.4, -0.2) is 16.1 Å². The first-order chi connectivity index (χ1) is 8.22. The molecule has 0 radical (unpaired) electrons. The quantitative estimate of drug-likeness (QED) is 0.886. The fourth-order valence-corrected chi connectivity index (χ4v) is 2.78. The molecule has 0 spiro atoms. The molecule has 17 heavy (non-hydrogen) atoms. The molecule has 0 saturated carbocycles. The van der Waals surface area contributed by atoms with Crippen molar-refractivity contribution in [2.24, 2.45) is 0 Å². The molecule has 1 heterocycles. The maximum Gasteiger partial charge on any atom is 0.207 e. The maximum absolute atomic E-state index is 4.31. The lowest BCUT2D eigenvalue weighted by atomic mass is 10.3. The van der Waals surface area contributed by atoms with Crippen LogP contribution in [0.25, 0.3) is 5.69 Å². The number of anilines is 1. The van der Waals surface area contributed by atoms with E-state index in [0.717, 1.165) is 33.5 Å². The fraction of sp³-hybridized carbons (Fsp3) is 0.250. The Morgan fingerprint density at radius 1 is 1.35 bits per heavy atom. The Morgan fingerprint density at radius 3 is 2.88 bits per heavy atom. The van der Waals surface area contributed by atoms with Gasteiger partial charge in [0.25, 0.3) is 0 Å². The van der Waals surface area contributed by atoms with Gasteiger partial charge in [-0.15, -0.1) is 0 Å². The van der Waals surface area contributed by atoms with Gasteiger partial charge in [0.15, 0.2) is 0 Å². The van der Waals surface area contributed by atoms with Crippen LogP contribution in [0.1, 0.15) is 13.3 Å². The fourth-order valence-electron chi connectivity index (χ4n) is 1.54. The van der Waals surface area contributed by atoms with Crippen molar-refractivity contribution in [1.29, 1.82) is 0 Å². The first kappa shape index (κ1) is 12.6. The smallest absolute Gasteiger partial charge is 0.207 e. The van der Waals surface area contributed by atoms with Crippen LogP contribution in [0, 0.1) is 0 Å². The molecule has 0 amide bonds. The van der Waals surface area contributed by atoms with Crippen LogP contribution in [0.15, 0.2) is 39.5 Å². The summed E-state index contributed by atoms with van der Waals surface area (Å²) in [4.78, 5) is 4.31. The highest BCUT2D eigenvalue weighted by Gasteiger charge is 2.07. The van der Waals surface area contributed by atoms with Crippen molar-refractivity contribution in [2.75, 3.05) is 11.9 Å². The Morgan fingerprint density at radius 2 is 2.18 bits per heavy atom. The van der Waals surface area contributed by atoms with Crippen molar-refractivity contribution in [3.8, 4) is 5.69 Å². The molecular weight excluding hydrogens is 346 g/mol. The molecule has 0 aliphatic heterocycles. The third-order valence-electron chi connectivity index (χ3n) is 2.34. The van der Waals surface area contributed by atoms with Gasteiger partial charge < -0.3 is 5.32 Å². The highest BCUT2D eigenvalue weighted by Crippen LogP contribution is 2.27. The van der Waals surface area contributed by atoms with Gasteiger partial charge in [0.2, 0.25) is 5.95 Å². The van der Waals surface area contributed by atoms with E-state index in [4.69, 9.17) is 0 Å². The molecule has 0 saturated heterocycles. The summed E-state index contributed by atoms with van der Waals surface area (Å²) in [5.74, 6) is 0.870. The van der Waals surface area contributed by atoms with Gasteiger partial charge in [0.1, 0.15) is 0 Å². The summed E-state index contributed by atoms with van der Waals surface area (Å²) in [5, 5.41) is 3.30. The van der Waals surface area contributed by atoms with Gasteiger partial charge in [-0.05, 0) is 40.5 Å². The van der Waals surface area contributed by atoms with Crippen LogP contribution in [0.2, 0.25) is 0 Å². The van der Waals surface area contributed by atoms with Crippen LogP contribution in [0.5, 0.6) is 0 Å². The molecule has 0 aliphatic rings. The summed E-state index contributed by atoms with van der Waals surface area (Å²) in [6.07, 6.45) is 4.83. The largest absolute Gasteiger partial charge is 0.355 e. The van der Waals surface area contributed by atoms with E-state index in [0.29, 0.717) is 0 Å². The summed E-state index contributed by atoms with van der Waals surface area (Å²) in [6, 6.07) is 6.09. The second kappa shape index (κ2) is 5.69. The monoisotopic (exact) mass is 357 g/mol. The predicted octanol–water partition coefficient (Wildman–Crippen LogP) is 4.22. The third kappa shape index (κ3) is 2.90. The van der Waals surface area contributed by atoms with Crippen molar-refractivity contribution >= 4 is 37.8 Å². The molecule has 1 N–H and O–H groups in total. The SMILES string of the molecule is CCCNc1nccn1-c1ccc(Br)cc1Br. The number of imidazole rings is 1. The zero-order valence-corrected chi connectivity index (χ0v) is 12.6. The zero-order valence-electron chi connectivity index (χ0n) is 9.45. The van der Waals surface area contributed by atoms with Crippen molar-refractivity contribution in [3.63, 3.8) is 0 Å². The molecule has 3 nitrogen and oxygen atoms in total. The van der Waals surface area contributed by atoms with E-state index in [1.807, 2.05) is 29.0 Å². The maximum atomic E-state index is 4.31. The van der Waals surface area contributed by atoms with E-state index in [-0.39, 0.29) is 0 Å². The van der Waals surface area contributed by atoms with Crippen molar-refractivity contribution in [3.05, 3.63) is 39.5 Å². The second-order valence-electron chi connectivity index (χ2n) is 3.64. The zero-order chi connectivity index (χ0) is 12.3. The van der Waals surface area contributed by atoms with E-state index < -0.39 is 0 Å². The average Bonchev–Trinajstić information content (AvgIpc) is 2.74. The summed E-state index contributed by atoms with van der Waals surface area (Å²) in [6.45, 7) is 3.06. The van der Waals surface area contributed by atoms with Gasteiger partial charge in [0.05, 0.1) is 5.69 Å². The number of hydrogen-bond donors (Lipinski definition) is 1. The van der Waals surface area contributed by atoms with Crippen LogP contribution < -0.4 is 5.32 Å². The molecule has 1 aromatic carbocycles. The molecule has 1 aromatic heterocycles. The molecular formula is C12H13Br2N3. The van der Waals surface area contributed by atoms with Crippen molar-refractivity contribution in [2.45, 2.75) is 13.3 Å². The normalized spacial score (nSPS) is 10.5. The molecule has 90 valence electrons. The van der Waals surface area contributed by atoms with E-state index in [9.17, 15) is 0 Å². The summed E-state index contributed by atoms with van der Waals surface area (Å²) in [7, 11) is 0. The van der Waals surface area contributed by atoms with Gasteiger partial charge in [-0.1, -0.05) is 22.9 Å². The van der Waals surface area contributed by atoms with Gasteiger partial charge in [-0.3, -0.25) is 4.57 Å². The lowest BCUT2D eigenvalue weighted by Gasteiger charge is -2.11. The minimum absolute atomic E-state index is 0.870. The highest BCUT2D eigenvalue weighted by atomic mass is 79.9. The van der Waals surface area contributed by atoms with E-state index in [1.54, 1.807) is 6.20 Å². The van der Waals surface area contributed by atoms with Gasteiger partial charge >= 0.3 is 0 Å². The number of aromatic nitrogens is 2. The molecule has 0 unspecified atom stereocenters. The average molecular weight is 359 g/mol. The van der Waals surface area contributed by atoms with Gasteiger partial charge in [-0.2, -0.15) is 0 Å². The van der Waals surface area contributed by atoms with Crippen LogP contribution in [0.4, 0.5) is 5.95 Å². The van der Waals surface area contributed by atoms with Gasteiger partial charge in [-0.25, -0.2) is 4.98 Å². The molecule has 0 atom stereocenters. The van der Waals surface area contributed by atoms with Crippen LogP contribution in [-0.2, 0) is 0 Å². The van der Waals surface area contributed by atoms with E-state index in [1.165, 1.54) is 0 Å². The first-order valence-electron chi connectivity index (χ1n) is 5.45. The number of rotatable bonds is 4. The Kier molecular flexibility index (Phi) is 4.23. The van der Waals surface area contributed by atoms with Gasteiger partial charge in [0, 0.05) is 27.9 Å². The Bertz CT molecular complexity index is 508. The minimum atomic E-state index is 0.870. The number of halogens is 2. The lowest BCUT2D eigenvalue weighted by Crippen LogP contribution is -2.07. The first-order valence-corrected chi connectivity index (χ1v) is 7.03. The molecule has 0 aliphatic carbocycles. The number of hydrogen-bond acceptors (Lipinski definition) is 2. The number of nitrogens with zero attached hydrogens (tertiary/aromatic N) is 2. The summed E-state index contributed by atoms with van der Waals surface area (Å²) in [5.41, 5.74) is 1.07. The topological polar surface area (TPSA) is 29.9 Å². The summed E-state index contributed by atoms with van der Waals surface area (Å²) >= 11 is 7.01. The minimum Gasteiger partial charge on any atom is -0.355 e. The van der Waals surface area contributed by atoms with E-state index in [2.05, 4.69) is 49.1 Å². The van der Waals surface area contributed by atoms with Crippen LogP contribution >= 0.6 is 31.9 Å². The predicted molar refractivity (Wildman–Crippen MR) is 77.7 cm³/mol. The Labute approximate surface area is 118 Å². The third-order valence-corrected chi connectivity index (χ3v) is 3.47. The van der Waals surface area contributed by atoms with Crippen molar-refractivity contribution < 1.29 is 0 Å². The number of nitrogens with one attached hydrogen (secondary N) is 1. The molecule has 0 bridgehead atoms. The molecule has 2 aromatic rings. The molecule has 5 heteroatoms. The Balaban J connectivity index is 2.35. The standard InChI is InChI=1S/C12H13Br2N3/c1-2-5-15-12-16-6-7-17(12)11-4-3-9(13)8-10(11)14/h3-4,6-8H,2,5H2,1H3,(H,15,16). The number of benzene rings is 1. The lowest BCUT2D eigenvalue weighted by molar-refractivity contribution is 0.935. The summed E-state index contributed by atoms with van der Waals surface area (Å²) < 4.78 is 4.12. The second-order valence-corrected chi connectivity index (χ2v) is 5.41. The Hall–Kier alpha value is -0.810.